The van der Waals surface area contributed by atoms with E-state index in [-0.39, 0.29) is 35.1 Å². The quantitative estimate of drug-likeness (QED) is 0.176. The highest BCUT2D eigenvalue weighted by atomic mass is 19.4. The largest absolute Gasteiger partial charge is 0.573 e. The highest BCUT2D eigenvalue weighted by Crippen LogP contribution is 2.30. The molecule has 1 aliphatic rings. The molecule has 4 heterocycles. The Morgan fingerprint density at radius 3 is 1.84 bits per heavy atom. The summed E-state index contributed by atoms with van der Waals surface area (Å²) < 4.78 is 113. The maximum atomic E-state index is 12.2. The Kier molecular flexibility index (Phi) is 6.58. The van der Waals surface area contributed by atoms with Crippen LogP contribution in [0.3, 0.4) is 0 Å². The van der Waals surface area contributed by atoms with Crippen molar-refractivity contribution in [2.24, 2.45) is 6.98 Å². The first-order valence-corrected chi connectivity index (χ1v) is 11.9. The summed E-state index contributed by atoms with van der Waals surface area (Å²) in [4.78, 5) is 31.2. The van der Waals surface area contributed by atoms with Crippen LogP contribution in [-0.4, -0.2) is 33.2 Å². The first kappa shape index (κ1) is 25.4. The highest BCUT2D eigenvalue weighted by molar-refractivity contribution is 5.80. The van der Waals surface area contributed by atoms with Gasteiger partial charge in [0.25, 0.3) is 0 Å². The molecule has 43 heavy (non-hydrogen) atoms. The average molecular weight is 608 g/mol. The summed E-state index contributed by atoms with van der Waals surface area (Å²) in [6, 6.07) is 16.3. The van der Waals surface area contributed by atoms with Crippen LogP contribution in [0.5, 0.6) is 17.2 Å². The van der Waals surface area contributed by atoms with Gasteiger partial charge >= 0.3 is 24.5 Å². The van der Waals surface area contributed by atoms with Crippen molar-refractivity contribution in [1.29, 1.82) is 0 Å². The number of aryl methyl sites for hydroxylation is 1. The van der Waals surface area contributed by atoms with E-state index < -0.39 is 31.2 Å². The van der Waals surface area contributed by atoms with Crippen molar-refractivity contribution in [2.45, 2.75) is 19.1 Å². The van der Waals surface area contributed by atoms with Gasteiger partial charge in [-0.15, -0.1) is 26.3 Å². The molecule has 0 unspecified atom stereocenters. The standard InChI is InChI=1S/C14H9F3N2O3.C14H8F3NO3/c1-19-12-11(21-13(19)20)7-6-10(18-12)8-2-4-9(5-3-8)22-14(15,16)17;15-14(16,17)21-9-3-1-8(2-4-9)10-5-6-12-11(18-10)7-13(19)20-12/h2-7H,1H3;1-6H,7H2/i1D3;. The second kappa shape index (κ2) is 11.2. The number of hydrogen-bond donors (Lipinski definition) is 0. The number of alkyl halides is 6. The Morgan fingerprint density at radius 2 is 1.30 bits per heavy atom. The highest BCUT2D eigenvalue weighted by Gasteiger charge is 2.31. The van der Waals surface area contributed by atoms with Crippen LogP contribution in [-0.2, 0) is 18.2 Å². The first-order chi connectivity index (χ1) is 21.4. The lowest BCUT2D eigenvalue weighted by molar-refractivity contribution is -0.275. The molecule has 0 saturated carbocycles. The molecular formula is C28H17F6N3O6. The van der Waals surface area contributed by atoms with Gasteiger partial charge in [0.1, 0.15) is 11.5 Å². The third-order valence-corrected chi connectivity index (χ3v) is 5.67. The monoisotopic (exact) mass is 608 g/mol. The van der Waals surface area contributed by atoms with Crippen molar-refractivity contribution in [1.82, 2.24) is 14.5 Å². The molecule has 0 bridgehead atoms. The van der Waals surface area contributed by atoms with E-state index in [1.807, 2.05) is 0 Å². The van der Waals surface area contributed by atoms with Gasteiger partial charge in [0.05, 0.1) is 23.5 Å². The molecule has 9 nitrogen and oxygen atoms in total. The molecule has 0 fully saturated rings. The number of carbonyl (C=O) groups is 1. The Morgan fingerprint density at radius 1 is 0.767 bits per heavy atom. The Bertz CT molecular complexity index is 1950. The van der Waals surface area contributed by atoms with Gasteiger partial charge in [-0.05, 0) is 72.8 Å². The van der Waals surface area contributed by atoms with Gasteiger partial charge in [0.15, 0.2) is 17.0 Å². The predicted molar refractivity (Wildman–Crippen MR) is 137 cm³/mol. The van der Waals surface area contributed by atoms with Gasteiger partial charge in [0, 0.05) is 22.2 Å². The second-order valence-corrected chi connectivity index (χ2v) is 8.66. The molecule has 0 atom stereocenters. The first-order valence-electron chi connectivity index (χ1n) is 13.4. The number of fused-ring (bicyclic) bond motifs is 2. The fourth-order valence-electron chi connectivity index (χ4n) is 3.88. The minimum absolute atomic E-state index is 0.0121. The Hall–Kier alpha value is -5.34. The molecule has 0 amide bonds. The minimum atomic E-state index is -4.80. The van der Waals surface area contributed by atoms with Gasteiger partial charge in [-0.2, -0.15) is 0 Å². The fourth-order valence-corrected chi connectivity index (χ4v) is 3.88. The van der Waals surface area contributed by atoms with E-state index >= 15 is 0 Å². The lowest BCUT2D eigenvalue weighted by Crippen LogP contribution is -2.16. The lowest BCUT2D eigenvalue weighted by atomic mass is 10.1. The molecule has 0 spiro atoms. The molecule has 0 aliphatic carbocycles. The number of ether oxygens (including phenoxy) is 3. The third-order valence-electron chi connectivity index (χ3n) is 5.67. The van der Waals surface area contributed by atoms with Gasteiger partial charge in [-0.25, -0.2) is 14.8 Å². The number of nitrogens with zero attached hydrogens (tertiary/aromatic N) is 3. The molecule has 0 saturated heterocycles. The molecule has 222 valence electrons. The SMILES string of the molecule is O=C1Cc2nc(-c3ccc(OC(F)(F)F)cc3)ccc2O1.[2H]C([2H])([2H])n1c(=O)oc2ccc(-c3ccc(OC(F)(F)F)cc3)nc21. The number of rotatable bonds is 4. The number of benzene rings is 2. The van der Waals surface area contributed by atoms with Gasteiger partial charge < -0.3 is 18.6 Å². The number of halogens is 6. The summed E-state index contributed by atoms with van der Waals surface area (Å²) >= 11 is 0. The summed E-state index contributed by atoms with van der Waals surface area (Å²) in [7, 11) is 0. The lowest BCUT2D eigenvalue weighted by Gasteiger charge is -2.09. The maximum Gasteiger partial charge on any atom is 0.573 e. The maximum absolute atomic E-state index is 12.2. The number of carbonyl (C=O) groups excluding carboxylic acids is 1. The number of esters is 1. The van der Waals surface area contributed by atoms with Crippen LogP contribution in [0.15, 0.2) is 82.0 Å². The van der Waals surface area contributed by atoms with Gasteiger partial charge in [-0.3, -0.25) is 9.36 Å². The molecule has 1 aliphatic heterocycles. The summed E-state index contributed by atoms with van der Waals surface area (Å²) in [5.74, 6) is -1.73. The molecular weight excluding hydrogens is 588 g/mol. The van der Waals surface area contributed by atoms with E-state index in [1.165, 1.54) is 48.5 Å². The van der Waals surface area contributed by atoms with E-state index in [1.54, 1.807) is 12.1 Å². The van der Waals surface area contributed by atoms with Gasteiger partial charge in [-0.1, -0.05) is 0 Å². The van der Waals surface area contributed by atoms with Crippen LogP contribution in [0.4, 0.5) is 26.3 Å². The molecule has 15 heteroatoms. The van der Waals surface area contributed by atoms with Crippen molar-refractivity contribution >= 4 is 17.2 Å². The number of oxazole rings is 1. The molecule has 0 radical (unpaired) electrons. The number of pyridine rings is 2. The average Bonchev–Trinajstić information content (AvgIpc) is 3.49. The summed E-state index contributed by atoms with van der Waals surface area (Å²) in [6.45, 7) is -2.78. The van der Waals surface area contributed by atoms with Crippen LogP contribution in [0.25, 0.3) is 33.7 Å². The van der Waals surface area contributed by atoms with Crippen molar-refractivity contribution in [3.63, 3.8) is 0 Å². The van der Waals surface area contributed by atoms with Crippen LogP contribution in [0.2, 0.25) is 0 Å². The molecule has 3 aromatic heterocycles. The summed E-state index contributed by atoms with van der Waals surface area (Å²) in [6.07, 6.45) is -9.42. The Balaban J connectivity index is 0.000000184. The summed E-state index contributed by atoms with van der Waals surface area (Å²) in [5, 5.41) is 0. The zero-order valence-corrected chi connectivity index (χ0v) is 21.2. The molecule has 2 aromatic carbocycles. The van der Waals surface area contributed by atoms with E-state index in [2.05, 4.69) is 19.4 Å². The normalized spacial score (nSPS) is 14.1. The third kappa shape index (κ3) is 7.12. The number of hydrogen-bond acceptors (Lipinski definition) is 8. The van der Waals surface area contributed by atoms with E-state index in [0.717, 1.165) is 12.1 Å². The van der Waals surface area contributed by atoms with E-state index in [0.29, 0.717) is 32.8 Å². The summed E-state index contributed by atoms with van der Waals surface area (Å²) in [5.41, 5.74) is 2.15. The van der Waals surface area contributed by atoms with Gasteiger partial charge in [0.2, 0.25) is 0 Å². The van der Waals surface area contributed by atoms with Crippen molar-refractivity contribution in [3.05, 3.63) is 89.0 Å². The fraction of sp³-hybridized carbons (Fsp3) is 0.143. The van der Waals surface area contributed by atoms with E-state index in [9.17, 15) is 35.9 Å². The predicted octanol–water partition coefficient (Wildman–Crippen LogP) is 6.20. The molecule has 0 N–H and O–H groups in total. The van der Waals surface area contributed by atoms with Crippen molar-refractivity contribution < 1.29 is 53.9 Å². The Labute approximate surface area is 241 Å². The van der Waals surface area contributed by atoms with Crippen molar-refractivity contribution in [2.75, 3.05) is 0 Å². The van der Waals surface area contributed by atoms with E-state index in [4.69, 9.17) is 13.3 Å². The van der Waals surface area contributed by atoms with Crippen molar-refractivity contribution in [3.8, 4) is 39.8 Å². The van der Waals surface area contributed by atoms with Crippen LogP contribution < -0.4 is 20.0 Å². The zero-order valence-electron chi connectivity index (χ0n) is 24.2. The topological polar surface area (TPSA) is 106 Å². The van der Waals surface area contributed by atoms with Crippen LogP contribution >= 0.6 is 0 Å². The molecule has 6 rings (SSSR count). The zero-order chi connectivity index (χ0) is 33.4. The molecule has 5 aromatic rings. The second-order valence-electron chi connectivity index (χ2n) is 8.66. The van der Waals surface area contributed by atoms with Crippen LogP contribution in [0.1, 0.15) is 9.81 Å². The smallest absolute Gasteiger partial charge is 0.424 e. The van der Waals surface area contributed by atoms with Crippen LogP contribution in [0, 0.1) is 0 Å². The number of aromatic nitrogens is 3. The minimum Gasteiger partial charge on any atom is -0.424 e.